The summed E-state index contributed by atoms with van der Waals surface area (Å²) in [4.78, 5) is 3.92. The van der Waals surface area contributed by atoms with E-state index in [4.69, 9.17) is 11.0 Å². The monoisotopic (exact) mass is 216 g/mol. The van der Waals surface area contributed by atoms with E-state index in [0.29, 0.717) is 11.6 Å². The molecule has 0 aromatic carbocycles. The maximum Gasteiger partial charge on any atom is 0.212 e. The quantitative estimate of drug-likeness (QED) is 0.811. The Labute approximate surface area is 92.9 Å². The predicted octanol–water partition coefficient (Wildman–Crippen LogP) is 0.624. The Morgan fingerprint density at radius 3 is 2.94 bits per heavy atom. The van der Waals surface area contributed by atoms with Gasteiger partial charge in [-0.15, -0.1) is 0 Å². The lowest BCUT2D eigenvalue weighted by Crippen LogP contribution is -2.05. The Morgan fingerprint density at radius 2 is 2.25 bits per heavy atom. The summed E-state index contributed by atoms with van der Waals surface area (Å²) in [5.41, 5.74) is 5.50. The summed E-state index contributed by atoms with van der Waals surface area (Å²) in [6.45, 7) is 1.53. The highest BCUT2D eigenvalue weighted by Gasteiger charge is 2.00. The third kappa shape index (κ3) is 2.20. The van der Waals surface area contributed by atoms with E-state index in [1.807, 2.05) is 16.8 Å². The van der Waals surface area contributed by atoms with E-state index in [1.165, 1.54) is 0 Å². The molecule has 0 bridgehead atoms. The molecule has 82 valence electrons. The van der Waals surface area contributed by atoms with E-state index >= 15 is 0 Å². The maximum atomic E-state index is 8.76. The number of rotatable bonds is 4. The van der Waals surface area contributed by atoms with Gasteiger partial charge in [-0.3, -0.25) is 4.68 Å². The Hall–Kier alpha value is -2.29. The minimum absolute atomic E-state index is 0.444. The molecule has 6 nitrogen and oxygen atoms in total. The first-order valence-corrected chi connectivity index (χ1v) is 5.00. The van der Waals surface area contributed by atoms with Gasteiger partial charge in [0.2, 0.25) is 5.82 Å². The molecule has 0 amide bonds. The molecule has 0 aliphatic rings. The number of nitrogen functional groups attached to an aromatic ring is 1. The highest BCUT2D eigenvalue weighted by molar-refractivity contribution is 5.23. The number of imidazole rings is 1. The average molecular weight is 216 g/mol. The normalized spacial score (nSPS) is 10.2. The first kappa shape index (κ1) is 10.2. The van der Waals surface area contributed by atoms with Gasteiger partial charge < -0.3 is 10.3 Å². The van der Waals surface area contributed by atoms with Crippen molar-refractivity contribution >= 4 is 5.82 Å². The van der Waals surface area contributed by atoms with E-state index < -0.39 is 0 Å². The van der Waals surface area contributed by atoms with Crippen molar-refractivity contribution in [2.24, 2.45) is 0 Å². The molecule has 2 aromatic heterocycles. The molecule has 2 heterocycles. The highest BCUT2D eigenvalue weighted by Crippen LogP contribution is 2.01. The minimum Gasteiger partial charge on any atom is -0.382 e. The molecule has 2 N–H and O–H groups in total. The van der Waals surface area contributed by atoms with Crippen molar-refractivity contribution < 1.29 is 0 Å². The Balaban J connectivity index is 1.87. The van der Waals surface area contributed by atoms with Crippen LogP contribution in [0.15, 0.2) is 24.7 Å². The van der Waals surface area contributed by atoms with Gasteiger partial charge in [0.25, 0.3) is 0 Å². The number of aryl methyl sites for hydroxylation is 2. The molecule has 0 fully saturated rings. The van der Waals surface area contributed by atoms with Crippen LogP contribution < -0.4 is 5.73 Å². The van der Waals surface area contributed by atoms with E-state index in [1.54, 1.807) is 23.1 Å². The molecule has 0 aliphatic carbocycles. The third-order valence-electron chi connectivity index (χ3n) is 2.26. The molecule has 0 spiro atoms. The molecular weight excluding hydrogens is 204 g/mol. The van der Waals surface area contributed by atoms with Crippen molar-refractivity contribution in [3.05, 3.63) is 30.5 Å². The second-order valence-electron chi connectivity index (χ2n) is 3.41. The van der Waals surface area contributed by atoms with E-state index in [2.05, 4.69) is 10.1 Å². The van der Waals surface area contributed by atoms with Crippen LogP contribution in [0.2, 0.25) is 0 Å². The first-order chi connectivity index (χ1) is 7.79. The summed E-state index contributed by atoms with van der Waals surface area (Å²) < 4.78 is 3.62. The number of nitrogens with two attached hydrogens (primary N) is 1. The second kappa shape index (κ2) is 4.49. The Bertz CT molecular complexity index is 503. The van der Waals surface area contributed by atoms with Gasteiger partial charge in [-0.05, 0) is 12.5 Å². The van der Waals surface area contributed by atoms with Gasteiger partial charge in [0.15, 0.2) is 0 Å². The molecule has 0 saturated heterocycles. The SMILES string of the molecule is N#Cc1nccn1CCCn1ccc(N)n1. The van der Waals surface area contributed by atoms with Crippen molar-refractivity contribution in [2.75, 3.05) is 5.73 Å². The minimum atomic E-state index is 0.444. The molecule has 2 aromatic rings. The van der Waals surface area contributed by atoms with Gasteiger partial charge in [0, 0.05) is 31.7 Å². The molecule has 16 heavy (non-hydrogen) atoms. The fourth-order valence-electron chi connectivity index (χ4n) is 1.51. The summed E-state index contributed by atoms with van der Waals surface area (Å²) in [6.07, 6.45) is 6.15. The number of hydrogen-bond acceptors (Lipinski definition) is 4. The fourth-order valence-corrected chi connectivity index (χ4v) is 1.51. The van der Waals surface area contributed by atoms with Crippen molar-refractivity contribution in [2.45, 2.75) is 19.5 Å². The lowest BCUT2D eigenvalue weighted by Gasteiger charge is -2.03. The van der Waals surface area contributed by atoms with E-state index in [9.17, 15) is 0 Å². The van der Waals surface area contributed by atoms with Gasteiger partial charge >= 0.3 is 0 Å². The lowest BCUT2D eigenvalue weighted by atomic mass is 10.4. The van der Waals surface area contributed by atoms with Gasteiger partial charge in [-0.25, -0.2) is 4.98 Å². The van der Waals surface area contributed by atoms with Gasteiger partial charge in [0.05, 0.1) is 0 Å². The Kier molecular flexibility index (Phi) is 2.87. The van der Waals surface area contributed by atoms with E-state index in [0.717, 1.165) is 19.5 Å². The van der Waals surface area contributed by atoms with Crippen molar-refractivity contribution in [3.8, 4) is 6.07 Å². The maximum absolute atomic E-state index is 8.76. The third-order valence-corrected chi connectivity index (χ3v) is 2.26. The topological polar surface area (TPSA) is 85.5 Å². The number of nitrogens with zero attached hydrogens (tertiary/aromatic N) is 5. The first-order valence-electron chi connectivity index (χ1n) is 5.00. The molecule has 0 unspecified atom stereocenters. The van der Waals surface area contributed by atoms with Crippen LogP contribution in [0.5, 0.6) is 0 Å². The number of anilines is 1. The smallest absolute Gasteiger partial charge is 0.212 e. The predicted molar refractivity (Wildman–Crippen MR) is 58.2 cm³/mol. The van der Waals surface area contributed by atoms with Gasteiger partial charge in [0.1, 0.15) is 11.9 Å². The second-order valence-corrected chi connectivity index (χ2v) is 3.41. The summed E-state index contributed by atoms with van der Waals surface area (Å²) in [7, 11) is 0. The summed E-state index contributed by atoms with van der Waals surface area (Å²) in [5, 5.41) is 12.8. The molecule has 2 rings (SSSR count). The van der Waals surface area contributed by atoms with Crippen LogP contribution in [0, 0.1) is 11.3 Å². The zero-order chi connectivity index (χ0) is 11.4. The molecule has 0 aliphatic heterocycles. The zero-order valence-corrected chi connectivity index (χ0v) is 8.74. The summed E-state index contributed by atoms with van der Waals surface area (Å²) in [5.74, 6) is 0.973. The van der Waals surface area contributed by atoms with Crippen LogP contribution in [0.3, 0.4) is 0 Å². The lowest BCUT2D eigenvalue weighted by molar-refractivity contribution is 0.525. The summed E-state index contributed by atoms with van der Waals surface area (Å²) in [6, 6.07) is 3.80. The number of nitriles is 1. The van der Waals surface area contributed by atoms with Crippen molar-refractivity contribution in [1.82, 2.24) is 19.3 Å². The fraction of sp³-hybridized carbons (Fsp3) is 0.300. The van der Waals surface area contributed by atoms with Crippen molar-refractivity contribution in [1.29, 1.82) is 5.26 Å². The highest BCUT2D eigenvalue weighted by atomic mass is 15.3. The number of aromatic nitrogens is 4. The van der Waals surface area contributed by atoms with E-state index in [-0.39, 0.29) is 0 Å². The average Bonchev–Trinajstić information content (AvgIpc) is 2.87. The largest absolute Gasteiger partial charge is 0.382 e. The number of hydrogen-bond donors (Lipinski definition) is 1. The Morgan fingerprint density at radius 1 is 1.38 bits per heavy atom. The van der Waals surface area contributed by atoms with Gasteiger partial charge in [-0.1, -0.05) is 0 Å². The van der Waals surface area contributed by atoms with Crippen LogP contribution in [-0.2, 0) is 13.1 Å². The van der Waals surface area contributed by atoms with Crippen molar-refractivity contribution in [3.63, 3.8) is 0 Å². The standard InChI is InChI=1S/C10H12N6/c11-8-10-13-3-7-15(10)4-1-5-16-6-2-9(12)14-16/h2-3,6-7H,1,4-5H2,(H2,12,14). The van der Waals surface area contributed by atoms with Crippen LogP contribution in [0.4, 0.5) is 5.82 Å². The van der Waals surface area contributed by atoms with Crippen LogP contribution in [0.25, 0.3) is 0 Å². The van der Waals surface area contributed by atoms with Crippen LogP contribution >= 0.6 is 0 Å². The molecular formula is C10H12N6. The molecule has 6 heteroatoms. The molecule has 0 atom stereocenters. The molecule has 0 saturated carbocycles. The van der Waals surface area contributed by atoms with Gasteiger partial charge in [-0.2, -0.15) is 10.4 Å². The van der Waals surface area contributed by atoms with Crippen LogP contribution in [0.1, 0.15) is 12.2 Å². The molecule has 0 radical (unpaired) electrons. The van der Waals surface area contributed by atoms with Crippen LogP contribution in [-0.4, -0.2) is 19.3 Å². The zero-order valence-electron chi connectivity index (χ0n) is 8.74. The summed E-state index contributed by atoms with van der Waals surface area (Å²) >= 11 is 0.